The van der Waals surface area contributed by atoms with Gasteiger partial charge < -0.3 is 9.47 Å². The number of amides is 1. The van der Waals surface area contributed by atoms with Crippen LogP contribution < -0.4 is 9.64 Å². The van der Waals surface area contributed by atoms with Crippen LogP contribution in [0.15, 0.2) is 30.3 Å². The SMILES string of the molecule is COc1ccc2sc(N(CCCN3CCOCC3)C(=O)Cc3ccc(Cl)s3)nc2c1. The third-order valence-corrected chi connectivity index (χ3v) is 7.32. The molecule has 0 saturated carbocycles. The van der Waals surface area contributed by atoms with Crippen molar-refractivity contribution in [1.29, 1.82) is 0 Å². The summed E-state index contributed by atoms with van der Waals surface area (Å²) < 4.78 is 12.5. The summed E-state index contributed by atoms with van der Waals surface area (Å²) >= 11 is 9.03. The predicted octanol–water partition coefficient (Wildman–Crippen LogP) is 4.32. The van der Waals surface area contributed by atoms with Gasteiger partial charge in [0.05, 0.1) is 41.3 Å². The number of carbonyl (C=O) groups excluding carboxylic acids is 1. The fourth-order valence-electron chi connectivity index (χ4n) is 3.43. The smallest absolute Gasteiger partial charge is 0.234 e. The summed E-state index contributed by atoms with van der Waals surface area (Å²) in [5.41, 5.74) is 0.847. The quantitative estimate of drug-likeness (QED) is 0.496. The minimum absolute atomic E-state index is 0.0431. The van der Waals surface area contributed by atoms with Gasteiger partial charge in [-0.05, 0) is 30.7 Å². The number of thiophene rings is 1. The molecule has 4 rings (SSSR count). The van der Waals surface area contributed by atoms with Crippen LogP contribution in [0.2, 0.25) is 4.34 Å². The number of hydrogen-bond donors (Lipinski definition) is 0. The Morgan fingerprint density at radius 1 is 1.27 bits per heavy atom. The van der Waals surface area contributed by atoms with Gasteiger partial charge >= 0.3 is 0 Å². The molecule has 3 aromatic rings. The highest BCUT2D eigenvalue weighted by molar-refractivity contribution is 7.22. The summed E-state index contributed by atoms with van der Waals surface area (Å²) in [7, 11) is 1.64. The highest BCUT2D eigenvalue weighted by Crippen LogP contribution is 2.32. The lowest BCUT2D eigenvalue weighted by molar-refractivity contribution is -0.118. The first-order chi connectivity index (χ1) is 14.6. The molecule has 0 radical (unpaired) electrons. The molecule has 9 heteroatoms. The van der Waals surface area contributed by atoms with E-state index < -0.39 is 0 Å². The minimum atomic E-state index is 0.0431. The summed E-state index contributed by atoms with van der Waals surface area (Å²) in [5, 5.41) is 0.730. The molecule has 1 amide bonds. The molecule has 160 valence electrons. The predicted molar refractivity (Wildman–Crippen MR) is 123 cm³/mol. The Labute approximate surface area is 189 Å². The normalized spacial score (nSPS) is 14.9. The first-order valence-electron chi connectivity index (χ1n) is 9.91. The van der Waals surface area contributed by atoms with Gasteiger partial charge in [0.1, 0.15) is 5.75 Å². The average molecular weight is 466 g/mol. The number of anilines is 1. The lowest BCUT2D eigenvalue weighted by atomic mass is 10.3. The topological polar surface area (TPSA) is 54.9 Å². The summed E-state index contributed by atoms with van der Waals surface area (Å²) in [6, 6.07) is 9.57. The first kappa shape index (κ1) is 21.5. The molecule has 0 unspecified atom stereocenters. The third-order valence-electron chi connectivity index (χ3n) is 5.03. The molecule has 1 saturated heterocycles. The summed E-state index contributed by atoms with van der Waals surface area (Å²) in [4.78, 5) is 23.1. The Hall–Kier alpha value is -1.71. The minimum Gasteiger partial charge on any atom is -0.497 e. The number of benzene rings is 1. The van der Waals surface area contributed by atoms with E-state index in [2.05, 4.69) is 4.90 Å². The number of ether oxygens (including phenoxy) is 2. The van der Waals surface area contributed by atoms with Crippen LogP contribution in [0.4, 0.5) is 5.13 Å². The molecule has 0 bridgehead atoms. The monoisotopic (exact) mass is 465 g/mol. The van der Waals surface area contributed by atoms with E-state index in [0.717, 1.165) is 65.2 Å². The Kier molecular flexibility index (Phi) is 7.22. The molecule has 2 aromatic heterocycles. The second kappa shape index (κ2) is 10.1. The van der Waals surface area contributed by atoms with Gasteiger partial charge in [-0.2, -0.15) is 0 Å². The van der Waals surface area contributed by atoms with Crippen LogP contribution >= 0.6 is 34.3 Å². The Morgan fingerprint density at radius 2 is 2.10 bits per heavy atom. The fourth-order valence-corrected chi connectivity index (χ4v) is 5.50. The van der Waals surface area contributed by atoms with Crippen molar-refractivity contribution in [2.75, 3.05) is 51.4 Å². The molecule has 0 spiro atoms. The standard InChI is InChI=1S/C21H24ClN3O3S2/c1-27-15-3-5-18-17(13-15)23-21(30-18)25(8-2-7-24-9-11-28-12-10-24)20(26)14-16-4-6-19(22)29-16/h3-6,13H,2,7-12,14H2,1H3. The van der Waals surface area contributed by atoms with Gasteiger partial charge in [-0.3, -0.25) is 14.6 Å². The van der Waals surface area contributed by atoms with Crippen LogP contribution in [-0.4, -0.2) is 62.3 Å². The van der Waals surface area contributed by atoms with E-state index in [1.165, 1.54) is 22.7 Å². The highest BCUT2D eigenvalue weighted by Gasteiger charge is 2.21. The van der Waals surface area contributed by atoms with E-state index in [-0.39, 0.29) is 5.91 Å². The highest BCUT2D eigenvalue weighted by atomic mass is 35.5. The lowest BCUT2D eigenvalue weighted by Crippen LogP contribution is -2.39. The van der Waals surface area contributed by atoms with Crippen molar-refractivity contribution < 1.29 is 14.3 Å². The number of halogens is 1. The Balaban J connectivity index is 1.51. The maximum atomic E-state index is 13.2. The number of morpholine rings is 1. The molecule has 30 heavy (non-hydrogen) atoms. The van der Waals surface area contributed by atoms with Crippen molar-refractivity contribution in [2.24, 2.45) is 0 Å². The van der Waals surface area contributed by atoms with Crippen molar-refractivity contribution in [3.63, 3.8) is 0 Å². The molecule has 3 heterocycles. The van der Waals surface area contributed by atoms with Crippen LogP contribution in [0.1, 0.15) is 11.3 Å². The van der Waals surface area contributed by atoms with Crippen molar-refractivity contribution in [3.8, 4) is 5.75 Å². The van der Waals surface area contributed by atoms with E-state index in [1.807, 2.05) is 35.2 Å². The number of aromatic nitrogens is 1. The molecular weight excluding hydrogens is 442 g/mol. The van der Waals surface area contributed by atoms with Gasteiger partial charge in [0.15, 0.2) is 5.13 Å². The van der Waals surface area contributed by atoms with E-state index in [4.69, 9.17) is 26.1 Å². The number of carbonyl (C=O) groups is 1. The van der Waals surface area contributed by atoms with Crippen molar-refractivity contribution in [1.82, 2.24) is 9.88 Å². The zero-order valence-electron chi connectivity index (χ0n) is 16.8. The summed E-state index contributed by atoms with van der Waals surface area (Å²) in [6.07, 6.45) is 1.21. The number of thiazole rings is 1. The molecule has 0 atom stereocenters. The molecule has 1 fully saturated rings. The van der Waals surface area contributed by atoms with E-state index >= 15 is 0 Å². The van der Waals surface area contributed by atoms with Crippen molar-refractivity contribution in [2.45, 2.75) is 12.8 Å². The van der Waals surface area contributed by atoms with Crippen LogP contribution in [0, 0.1) is 0 Å². The second-order valence-electron chi connectivity index (χ2n) is 7.07. The van der Waals surface area contributed by atoms with Gasteiger partial charge in [0.2, 0.25) is 5.91 Å². The number of nitrogens with zero attached hydrogens (tertiary/aromatic N) is 3. The number of rotatable bonds is 8. The van der Waals surface area contributed by atoms with E-state index in [0.29, 0.717) is 17.3 Å². The fraction of sp³-hybridized carbons (Fsp3) is 0.429. The zero-order chi connectivity index (χ0) is 20.9. The van der Waals surface area contributed by atoms with Crippen molar-refractivity contribution >= 4 is 55.5 Å². The van der Waals surface area contributed by atoms with Crippen LogP contribution in [0.3, 0.4) is 0 Å². The van der Waals surface area contributed by atoms with Gasteiger partial charge in [0.25, 0.3) is 0 Å². The maximum Gasteiger partial charge on any atom is 0.234 e. The average Bonchev–Trinajstić information content (AvgIpc) is 3.36. The molecule has 0 aliphatic carbocycles. The lowest BCUT2D eigenvalue weighted by Gasteiger charge is -2.27. The third kappa shape index (κ3) is 5.31. The van der Waals surface area contributed by atoms with E-state index in [9.17, 15) is 4.79 Å². The first-order valence-corrected chi connectivity index (χ1v) is 11.9. The van der Waals surface area contributed by atoms with Gasteiger partial charge in [-0.15, -0.1) is 11.3 Å². The molecule has 1 aliphatic rings. The largest absolute Gasteiger partial charge is 0.497 e. The molecule has 1 aliphatic heterocycles. The Bertz CT molecular complexity index is 1000. The molecule has 6 nitrogen and oxygen atoms in total. The van der Waals surface area contributed by atoms with Crippen LogP contribution in [0.5, 0.6) is 5.75 Å². The number of methoxy groups -OCH3 is 1. The zero-order valence-corrected chi connectivity index (χ0v) is 19.2. The maximum absolute atomic E-state index is 13.2. The second-order valence-corrected chi connectivity index (χ2v) is 9.87. The van der Waals surface area contributed by atoms with Crippen molar-refractivity contribution in [3.05, 3.63) is 39.5 Å². The number of fused-ring (bicyclic) bond motifs is 1. The summed E-state index contributed by atoms with van der Waals surface area (Å²) in [5.74, 6) is 0.805. The van der Waals surface area contributed by atoms with Gasteiger partial charge in [0, 0.05) is 37.1 Å². The Morgan fingerprint density at radius 3 is 2.83 bits per heavy atom. The van der Waals surface area contributed by atoms with Gasteiger partial charge in [-0.25, -0.2) is 4.98 Å². The molecule has 1 aromatic carbocycles. The summed E-state index contributed by atoms with van der Waals surface area (Å²) in [6.45, 7) is 5.02. The van der Waals surface area contributed by atoms with Gasteiger partial charge in [-0.1, -0.05) is 22.9 Å². The molecular formula is C21H24ClN3O3S2. The van der Waals surface area contributed by atoms with Crippen LogP contribution in [0.25, 0.3) is 10.2 Å². The van der Waals surface area contributed by atoms with Crippen LogP contribution in [-0.2, 0) is 16.0 Å². The number of hydrogen-bond acceptors (Lipinski definition) is 7. The van der Waals surface area contributed by atoms with E-state index in [1.54, 1.807) is 7.11 Å². The molecule has 0 N–H and O–H groups in total.